The molecule has 5 rings (SSSR count). The Labute approximate surface area is 195 Å². The van der Waals surface area contributed by atoms with E-state index in [2.05, 4.69) is 10.6 Å². The fourth-order valence-electron chi connectivity index (χ4n) is 4.44. The van der Waals surface area contributed by atoms with Gasteiger partial charge in [0, 0.05) is 33.3 Å². The van der Waals surface area contributed by atoms with Gasteiger partial charge in [0.1, 0.15) is 0 Å². The van der Waals surface area contributed by atoms with Crippen LogP contribution in [-0.4, -0.2) is 18.2 Å². The predicted octanol–water partition coefficient (Wildman–Crippen LogP) is 6.02. The minimum Gasteiger partial charge on any atom is -0.357 e. The highest BCUT2D eigenvalue weighted by Crippen LogP contribution is 2.45. The predicted molar refractivity (Wildman–Crippen MR) is 130 cm³/mol. The molecule has 0 radical (unpaired) electrons. The SMILES string of the molecule is O=C(CN1c2ccccc2NC2=C(C(=O)CCC2)C1c1cccs1)Nc1cccc(Cl)c1. The van der Waals surface area contributed by atoms with Crippen LogP contribution in [0.25, 0.3) is 0 Å². The highest BCUT2D eigenvalue weighted by molar-refractivity contribution is 7.10. The molecule has 2 aromatic carbocycles. The van der Waals surface area contributed by atoms with Crippen molar-refractivity contribution in [3.63, 3.8) is 0 Å². The van der Waals surface area contributed by atoms with Gasteiger partial charge in [-0.25, -0.2) is 0 Å². The number of rotatable bonds is 4. The number of carbonyl (C=O) groups excluding carboxylic acids is 2. The number of Topliss-reactive ketones (excluding diaryl/α,β-unsaturated/α-hetero) is 1. The maximum Gasteiger partial charge on any atom is 0.243 e. The Hall–Kier alpha value is -3.09. The van der Waals surface area contributed by atoms with Crippen molar-refractivity contribution in [2.45, 2.75) is 25.3 Å². The number of fused-ring (bicyclic) bond motifs is 1. The molecule has 1 aromatic heterocycles. The zero-order chi connectivity index (χ0) is 22.1. The lowest BCUT2D eigenvalue weighted by Crippen LogP contribution is -2.38. The summed E-state index contributed by atoms with van der Waals surface area (Å²) in [4.78, 5) is 29.4. The number of nitrogens with one attached hydrogen (secondary N) is 2. The van der Waals surface area contributed by atoms with Gasteiger partial charge in [-0.1, -0.05) is 35.9 Å². The monoisotopic (exact) mass is 463 g/mol. The van der Waals surface area contributed by atoms with Crippen LogP contribution in [0.15, 0.2) is 77.3 Å². The quantitative estimate of drug-likeness (QED) is 0.496. The summed E-state index contributed by atoms with van der Waals surface area (Å²) in [6, 6.07) is 18.7. The van der Waals surface area contributed by atoms with E-state index in [0.717, 1.165) is 40.4 Å². The van der Waals surface area contributed by atoms with Crippen molar-refractivity contribution in [3.8, 4) is 0 Å². The first-order valence-corrected chi connectivity index (χ1v) is 11.8. The van der Waals surface area contributed by atoms with Crippen molar-refractivity contribution >= 4 is 51.7 Å². The van der Waals surface area contributed by atoms with Crippen LogP contribution in [0.3, 0.4) is 0 Å². The first-order valence-electron chi connectivity index (χ1n) is 10.6. The molecule has 5 nitrogen and oxygen atoms in total. The van der Waals surface area contributed by atoms with Crippen LogP contribution in [0.1, 0.15) is 30.2 Å². The summed E-state index contributed by atoms with van der Waals surface area (Å²) >= 11 is 7.68. The molecule has 2 aliphatic rings. The van der Waals surface area contributed by atoms with Gasteiger partial charge in [-0.3, -0.25) is 9.59 Å². The Morgan fingerprint density at radius 1 is 1.12 bits per heavy atom. The van der Waals surface area contributed by atoms with Crippen molar-refractivity contribution in [1.29, 1.82) is 0 Å². The van der Waals surface area contributed by atoms with E-state index in [4.69, 9.17) is 11.6 Å². The van der Waals surface area contributed by atoms with Crippen molar-refractivity contribution < 1.29 is 9.59 Å². The largest absolute Gasteiger partial charge is 0.357 e. The molecule has 2 heterocycles. The number of thiophene rings is 1. The van der Waals surface area contributed by atoms with E-state index in [-0.39, 0.29) is 24.3 Å². The van der Waals surface area contributed by atoms with E-state index in [0.29, 0.717) is 17.1 Å². The van der Waals surface area contributed by atoms with Crippen molar-refractivity contribution in [3.05, 3.63) is 87.2 Å². The van der Waals surface area contributed by atoms with Crippen LogP contribution in [-0.2, 0) is 9.59 Å². The summed E-state index contributed by atoms with van der Waals surface area (Å²) in [5.41, 5.74) is 4.18. The van der Waals surface area contributed by atoms with Gasteiger partial charge < -0.3 is 15.5 Å². The molecule has 3 aromatic rings. The van der Waals surface area contributed by atoms with Crippen LogP contribution < -0.4 is 15.5 Å². The average molecular weight is 464 g/mol. The average Bonchev–Trinajstić information content (AvgIpc) is 3.25. The Bertz CT molecular complexity index is 1210. The molecule has 0 bridgehead atoms. The second-order valence-electron chi connectivity index (χ2n) is 7.92. The molecule has 0 fully saturated rings. The number of nitrogens with zero attached hydrogens (tertiary/aromatic N) is 1. The lowest BCUT2D eigenvalue weighted by atomic mass is 9.88. The summed E-state index contributed by atoms with van der Waals surface area (Å²) in [5, 5.41) is 9.04. The van der Waals surface area contributed by atoms with Gasteiger partial charge in [0.2, 0.25) is 5.91 Å². The van der Waals surface area contributed by atoms with Crippen LogP contribution in [0.2, 0.25) is 5.02 Å². The molecule has 7 heteroatoms. The van der Waals surface area contributed by atoms with E-state index < -0.39 is 0 Å². The second-order valence-corrected chi connectivity index (χ2v) is 9.33. The lowest BCUT2D eigenvalue weighted by Gasteiger charge is -2.34. The van der Waals surface area contributed by atoms with Crippen LogP contribution in [0, 0.1) is 0 Å². The summed E-state index contributed by atoms with van der Waals surface area (Å²) in [6.45, 7) is 0.0951. The Morgan fingerprint density at radius 3 is 2.81 bits per heavy atom. The van der Waals surface area contributed by atoms with E-state index in [1.807, 2.05) is 52.7 Å². The molecule has 1 atom stereocenters. The van der Waals surface area contributed by atoms with Gasteiger partial charge in [-0.15, -0.1) is 11.3 Å². The number of allylic oxidation sites excluding steroid dienone is 1. The molecule has 1 amide bonds. The molecular formula is C25H22ClN3O2S. The number of hydrogen-bond donors (Lipinski definition) is 2. The second kappa shape index (κ2) is 8.81. The van der Waals surface area contributed by atoms with Gasteiger partial charge in [-0.05, 0) is 54.6 Å². The fourth-order valence-corrected chi connectivity index (χ4v) is 5.47. The third-order valence-corrected chi connectivity index (χ3v) is 6.94. The standard InChI is InChI=1S/C25H22ClN3O2S/c26-16-6-3-7-17(14-16)27-23(31)15-29-20-10-2-1-8-18(20)28-19-9-4-11-21(30)24(19)25(29)22-12-5-13-32-22/h1-3,5-8,10,12-14,25,28H,4,9,11,15H2,(H,27,31). The molecule has 0 saturated carbocycles. The Balaban J connectivity index is 1.58. The minimum absolute atomic E-state index is 0.0951. The molecule has 32 heavy (non-hydrogen) atoms. The van der Waals surface area contributed by atoms with Crippen LogP contribution >= 0.6 is 22.9 Å². The van der Waals surface area contributed by atoms with E-state index in [1.54, 1.807) is 29.5 Å². The normalized spacial score (nSPS) is 17.8. The smallest absolute Gasteiger partial charge is 0.243 e. The first kappa shape index (κ1) is 20.8. The van der Waals surface area contributed by atoms with E-state index >= 15 is 0 Å². The highest BCUT2D eigenvalue weighted by atomic mass is 35.5. The number of ketones is 1. The number of carbonyl (C=O) groups is 2. The molecule has 162 valence electrons. The maximum atomic E-state index is 13.2. The summed E-state index contributed by atoms with van der Waals surface area (Å²) in [7, 11) is 0. The van der Waals surface area contributed by atoms with Crippen LogP contribution in [0.5, 0.6) is 0 Å². The van der Waals surface area contributed by atoms with Crippen LogP contribution in [0.4, 0.5) is 17.1 Å². The van der Waals surface area contributed by atoms with Crippen molar-refractivity contribution in [2.75, 3.05) is 22.1 Å². The van der Waals surface area contributed by atoms with Gasteiger partial charge in [0.25, 0.3) is 0 Å². The zero-order valence-electron chi connectivity index (χ0n) is 17.3. The molecular weight excluding hydrogens is 442 g/mol. The molecule has 0 saturated heterocycles. The number of hydrogen-bond acceptors (Lipinski definition) is 5. The Morgan fingerprint density at radius 2 is 2.00 bits per heavy atom. The zero-order valence-corrected chi connectivity index (χ0v) is 18.9. The van der Waals surface area contributed by atoms with Gasteiger partial charge in [-0.2, -0.15) is 0 Å². The summed E-state index contributed by atoms with van der Waals surface area (Å²) < 4.78 is 0. The molecule has 1 unspecified atom stereocenters. The number of anilines is 3. The van der Waals surface area contributed by atoms with Crippen molar-refractivity contribution in [2.24, 2.45) is 0 Å². The number of benzene rings is 2. The van der Waals surface area contributed by atoms with Gasteiger partial charge >= 0.3 is 0 Å². The van der Waals surface area contributed by atoms with Gasteiger partial charge in [0.05, 0.1) is 24.0 Å². The van der Waals surface area contributed by atoms with Gasteiger partial charge in [0.15, 0.2) is 5.78 Å². The molecule has 2 N–H and O–H groups in total. The van der Waals surface area contributed by atoms with E-state index in [9.17, 15) is 9.59 Å². The highest BCUT2D eigenvalue weighted by Gasteiger charge is 2.37. The third-order valence-electron chi connectivity index (χ3n) is 5.78. The first-order chi connectivity index (χ1) is 15.6. The minimum atomic E-state index is -0.320. The molecule has 0 spiro atoms. The van der Waals surface area contributed by atoms with Crippen molar-refractivity contribution in [1.82, 2.24) is 0 Å². The number of para-hydroxylation sites is 2. The summed E-state index contributed by atoms with van der Waals surface area (Å²) in [5.74, 6) is -0.0267. The number of halogens is 1. The summed E-state index contributed by atoms with van der Waals surface area (Å²) in [6.07, 6.45) is 2.18. The third kappa shape index (κ3) is 4.04. The fraction of sp³-hybridized carbons (Fsp3) is 0.200. The van der Waals surface area contributed by atoms with E-state index in [1.165, 1.54) is 0 Å². The Kier molecular flexibility index (Phi) is 5.72. The topological polar surface area (TPSA) is 61.4 Å². The lowest BCUT2D eigenvalue weighted by molar-refractivity contribution is -0.117. The number of amides is 1. The maximum absolute atomic E-state index is 13.2. The molecule has 1 aliphatic carbocycles. The molecule has 1 aliphatic heterocycles.